The van der Waals surface area contributed by atoms with Gasteiger partial charge in [-0.25, -0.2) is 4.98 Å². The maximum absolute atomic E-state index is 12.4. The number of aromatic nitrogens is 1. The zero-order chi connectivity index (χ0) is 20.8. The first kappa shape index (κ1) is 19.9. The van der Waals surface area contributed by atoms with Gasteiger partial charge in [0, 0.05) is 16.1 Å². The smallest absolute Gasteiger partial charge is 0.255 e. The number of hydrogen-bond donors (Lipinski definition) is 1. The molecule has 1 heterocycles. The first-order valence-corrected chi connectivity index (χ1v) is 10.3. The number of amides is 1. The summed E-state index contributed by atoms with van der Waals surface area (Å²) in [5.74, 6) is 0.291. The van der Waals surface area contributed by atoms with Gasteiger partial charge in [-0.3, -0.25) is 4.79 Å². The van der Waals surface area contributed by atoms with Crippen molar-refractivity contribution >= 4 is 27.5 Å². The fourth-order valence-electron chi connectivity index (χ4n) is 3.03. The summed E-state index contributed by atoms with van der Waals surface area (Å²) in [6.07, 6.45) is 1.32. The number of hydrogen-bond acceptors (Lipinski definition) is 3. The Morgan fingerprint density at radius 2 is 1.40 bits per heavy atom. The minimum Gasteiger partial charge on any atom is -0.465 e. The second-order valence-corrected chi connectivity index (χ2v) is 7.58. The molecule has 0 atom stereocenters. The zero-order valence-electron chi connectivity index (χ0n) is 16.0. The Kier molecular flexibility index (Phi) is 6.20. The molecule has 4 nitrogen and oxygen atoms in total. The van der Waals surface area contributed by atoms with Gasteiger partial charge in [-0.1, -0.05) is 76.6 Å². The molecule has 1 amide bonds. The number of anilines is 1. The monoisotopic (exact) mass is 458 g/mol. The summed E-state index contributed by atoms with van der Waals surface area (Å²) in [6.45, 7) is 0. The molecule has 0 aliphatic rings. The highest BCUT2D eigenvalue weighted by molar-refractivity contribution is 9.10. The van der Waals surface area contributed by atoms with Crippen LogP contribution in [0, 0.1) is 0 Å². The molecule has 0 saturated carbocycles. The summed E-state index contributed by atoms with van der Waals surface area (Å²) in [7, 11) is 0. The Balaban J connectivity index is 1.50. The van der Waals surface area contributed by atoms with Crippen LogP contribution in [-0.2, 0) is 0 Å². The van der Waals surface area contributed by atoms with Crippen LogP contribution >= 0.6 is 15.9 Å². The van der Waals surface area contributed by atoms with Crippen LogP contribution in [-0.4, -0.2) is 10.9 Å². The molecule has 1 N–H and O–H groups in total. The molecule has 30 heavy (non-hydrogen) atoms. The number of benzene rings is 3. The number of carbonyl (C=O) groups is 1. The van der Waals surface area contributed by atoms with Crippen LogP contribution in [0.3, 0.4) is 0 Å². The number of carbonyl (C=O) groups excluding carboxylic acids is 1. The second kappa shape index (κ2) is 9.37. The van der Waals surface area contributed by atoms with Gasteiger partial charge in [-0.15, -0.1) is 0 Å². The molecule has 0 spiro atoms. The quantitative estimate of drug-likeness (QED) is 0.370. The van der Waals surface area contributed by atoms with Crippen molar-refractivity contribution in [2.45, 2.75) is 6.10 Å². The van der Waals surface area contributed by atoms with Crippen molar-refractivity contribution in [3.63, 3.8) is 0 Å². The van der Waals surface area contributed by atoms with E-state index in [1.165, 1.54) is 0 Å². The van der Waals surface area contributed by atoms with Crippen molar-refractivity contribution in [1.29, 1.82) is 0 Å². The van der Waals surface area contributed by atoms with Gasteiger partial charge in [0.2, 0.25) is 5.88 Å². The highest BCUT2D eigenvalue weighted by atomic mass is 79.9. The van der Waals surface area contributed by atoms with Gasteiger partial charge in [0.15, 0.2) is 6.10 Å². The van der Waals surface area contributed by atoms with E-state index in [0.717, 1.165) is 15.6 Å². The Hall–Kier alpha value is -3.44. The Labute approximate surface area is 183 Å². The molecular weight excluding hydrogens is 440 g/mol. The molecule has 3 aromatic carbocycles. The summed E-state index contributed by atoms with van der Waals surface area (Å²) >= 11 is 3.37. The third kappa shape index (κ3) is 4.93. The van der Waals surface area contributed by atoms with E-state index < -0.39 is 0 Å². The third-order valence-electron chi connectivity index (χ3n) is 4.54. The summed E-state index contributed by atoms with van der Waals surface area (Å²) in [5.41, 5.74) is 3.26. The topological polar surface area (TPSA) is 51.2 Å². The number of halogens is 1. The summed E-state index contributed by atoms with van der Waals surface area (Å²) in [5, 5.41) is 2.85. The van der Waals surface area contributed by atoms with Crippen molar-refractivity contribution in [3.8, 4) is 5.88 Å². The molecule has 0 aliphatic heterocycles. The molecule has 4 rings (SSSR count). The van der Waals surface area contributed by atoms with Crippen molar-refractivity contribution in [2.24, 2.45) is 0 Å². The zero-order valence-corrected chi connectivity index (χ0v) is 17.6. The van der Waals surface area contributed by atoms with E-state index in [-0.39, 0.29) is 12.0 Å². The molecule has 1 aromatic heterocycles. The normalized spacial score (nSPS) is 10.6. The van der Waals surface area contributed by atoms with Gasteiger partial charge < -0.3 is 10.1 Å². The Bertz CT molecular complexity index is 1060. The minimum atomic E-state index is -0.275. The first-order chi connectivity index (χ1) is 14.7. The average molecular weight is 459 g/mol. The number of rotatable bonds is 6. The number of nitrogens with zero attached hydrogens (tertiary/aromatic N) is 1. The summed E-state index contributed by atoms with van der Waals surface area (Å²) in [6, 6.07) is 30.8. The van der Waals surface area contributed by atoms with Crippen molar-refractivity contribution < 1.29 is 9.53 Å². The number of ether oxygens (including phenoxy) is 1. The highest BCUT2D eigenvalue weighted by Crippen LogP contribution is 2.27. The van der Waals surface area contributed by atoms with Gasteiger partial charge in [0.1, 0.15) is 0 Å². The van der Waals surface area contributed by atoms with Crippen LogP contribution in [0.2, 0.25) is 0 Å². The van der Waals surface area contributed by atoms with E-state index in [2.05, 4.69) is 26.2 Å². The first-order valence-electron chi connectivity index (χ1n) is 9.48. The highest BCUT2D eigenvalue weighted by Gasteiger charge is 2.16. The van der Waals surface area contributed by atoms with Crippen molar-refractivity contribution in [1.82, 2.24) is 4.98 Å². The molecule has 0 unspecified atom stereocenters. The Morgan fingerprint density at radius 1 is 0.800 bits per heavy atom. The van der Waals surface area contributed by atoms with Crippen LogP contribution in [0.4, 0.5) is 5.69 Å². The molecule has 0 bridgehead atoms. The van der Waals surface area contributed by atoms with Crippen LogP contribution in [0.1, 0.15) is 27.6 Å². The van der Waals surface area contributed by atoms with Crippen LogP contribution < -0.4 is 10.1 Å². The van der Waals surface area contributed by atoms with E-state index in [1.54, 1.807) is 30.5 Å². The van der Waals surface area contributed by atoms with E-state index in [1.807, 2.05) is 72.8 Å². The van der Waals surface area contributed by atoms with E-state index >= 15 is 0 Å². The van der Waals surface area contributed by atoms with Crippen molar-refractivity contribution in [2.75, 3.05) is 5.32 Å². The average Bonchev–Trinajstić information content (AvgIpc) is 2.80. The molecule has 148 valence electrons. The molecule has 0 radical (unpaired) electrons. The second-order valence-electron chi connectivity index (χ2n) is 6.67. The summed E-state index contributed by atoms with van der Waals surface area (Å²) < 4.78 is 7.14. The lowest BCUT2D eigenvalue weighted by atomic mass is 10.0. The largest absolute Gasteiger partial charge is 0.465 e. The van der Waals surface area contributed by atoms with Crippen LogP contribution in [0.25, 0.3) is 0 Å². The third-order valence-corrected chi connectivity index (χ3v) is 5.07. The van der Waals surface area contributed by atoms with Gasteiger partial charge in [0.25, 0.3) is 5.91 Å². The molecular formula is C25H19BrN2O2. The predicted octanol–water partition coefficient (Wildman–Crippen LogP) is 6.26. The lowest BCUT2D eigenvalue weighted by Crippen LogP contribution is -2.12. The predicted molar refractivity (Wildman–Crippen MR) is 122 cm³/mol. The van der Waals surface area contributed by atoms with E-state index in [9.17, 15) is 4.79 Å². The van der Waals surface area contributed by atoms with Gasteiger partial charge in [-0.05, 0) is 41.5 Å². The SMILES string of the molecule is O=C(Nc1ccc(OC(c2ccccc2)c2ccccc2)nc1)c1ccc(Br)cc1. The fraction of sp³-hybridized carbons (Fsp3) is 0.0400. The fourth-order valence-corrected chi connectivity index (χ4v) is 3.30. The van der Waals surface area contributed by atoms with Gasteiger partial charge >= 0.3 is 0 Å². The maximum atomic E-state index is 12.4. The summed E-state index contributed by atoms with van der Waals surface area (Å²) in [4.78, 5) is 16.8. The van der Waals surface area contributed by atoms with E-state index in [0.29, 0.717) is 17.1 Å². The van der Waals surface area contributed by atoms with Crippen LogP contribution in [0.5, 0.6) is 5.88 Å². The standard InChI is InChI=1S/C25H19BrN2O2/c26-21-13-11-20(12-14-21)25(29)28-22-15-16-23(27-17-22)30-24(18-7-3-1-4-8-18)19-9-5-2-6-10-19/h1-17,24H,(H,28,29). The molecule has 0 aliphatic carbocycles. The number of pyridine rings is 1. The van der Waals surface area contributed by atoms with Gasteiger partial charge in [-0.2, -0.15) is 0 Å². The molecule has 4 aromatic rings. The molecule has 0 saturated heterocycles. The molecule has 0 fully saturated rings. The lowest BCUT2D eigenvalue weighted by Gasteiger charge is -2.19. The lowest BCUT2D eigenvalue weighted by molar-refractivity contribution is 0.102. The van der Waals surface area contributed by atoms with Crippen molar-refractivity contribution in [3.05, 3.63) is 124 Å². The maximum Gasteiger partial charge on any atom is 0.255 e. The number of nitrogens with one attached hydrogen (secondary N) is 1. The minimum absolute atomic E-state index is 0.190. The van der Waals surface area contributed by atoms with Gasteiger partial charge in [0.05, 0.1) is 11.9 Å². The Morgan fingerprint density at radius 3 is 1.93 bits per heavy atom. The van der Waals surface area contributed by atoms with Crippen LogP contribution in [0.15, 0.2) is 108 Å². The van der Waals surface area contributed by atoms with E-state index in [4.69, 9.17) is 4.74 Å². The molecule has 5 heteroatoms.